The molecule has 5 heteroatoms. The summed E-state index contributed by atoms with van der Waals surface area (Å²) < 4.78 is 39.6. The predicted octanol–water partition coefficient (Wildman–Crippen LogP) is 3.90. The molecule has 1 nitrogen and oxygen atoms in total. The topological polar surface area (TPSA) is 20.2 Å². The van der Waals surface area contributed by atoms with Crippen molar-refractivity contribution in [3.05, 3.63) is 70.0 Å². The molecule has 106 valence electrons. The first-order valence-electron chi connectivity index (χ1n) is 6.01. The van der Waals surface area contributed by atoms with E-state index in [4.69, 9.17) is 11.6 Å². The Hall–Kier alpha value is -1.52. The normalized spacial score (nSPS) is 12.4. The molecule has 2 rings (SSSR count). The van der Waals surface area contributed by atoms with Crippen LogP contribution in [-0.2, 0) is 12.8 Å². The number of hydrogen-bond acceptors (Lipinski definition) is 1. The van der Waals surface area contributed by atoms with Gasteiger partial charge in [-0.3, -0.25) is 0 Å². The lowest BCUT2D eigenvalue weighted by Gasteiger charge is -2.12. The summed E-state index contributed by atoms with van der Waals surface area (Å²) in [5.41, 5.74) is 0.583. The molecule has 1 N–H and O–H groups in total. The number of aliphatic hydroxyl groups is 1. The van der Waals surface area contributed by atoms with E-state index in [2.05, 4.69) is 0 Å². The lowest BCUT2D eigenvalue weighted by molar-refractivity contribution is 0.174. The Morgan fingerprint density at radius 3 is 2.25 bits per heavy atom. The van der Waals surface area contributed by atoms with Gasteiger partial charge in [0.25, 0.3) is 0 Å². The highest BCUT2D eigenvalue weighted by atomic mass is 35.5. The van der Waals surface area contributed by atoms with Crippen LogP contribution in [0.4, 0.5) is 13.2 Å². The molecule has 20 heavy (non-hydrogen) atoms. The third-order valence-electron chi connectivity index (χ3n) is 2.86. The van der Waals surface area contributed by atoms with Crippen LogP contribution in [0.3, 0.4) is 0 Å². The Morgan fingerprint density at radius 1 is 0.950 bits per heavy atom. The second-order valence-corrected chi connectivity index (χ2v) is 5.01. The first-order chi connectivity index (χ1) is 9.44. The average Bonchev–Trinajstić information content (AvgIpc) is 2.32. The molecule has 2 aromatic rings. The van der Waals surface area contributed by atoms with Crippen LogP contribution >= 0.6 is 11.6 Å². The molecule has 0 amide bonds. The van der Waals surface area contributed by atoms with Crippen molar-refractivity contribution in [3.8, 4) is 0 Å². The van der Waals surface area contributed by atoms with Crippen LogP contribution in [-0.4, -0.2) is 11.2 Å². The number of halogens is 4. The van der Waals surface area contributed by atoms with Gasteiger partial charge in [0.1, 0.15) is 17.5 Å². The minimum atomic E-state index is -0.954. The molecule has 2 aromatic carbocycles. The van der Waals surface area contributed by atoms with Gasteiger partial charge in [-0.2, -0.15) is 0 Å². The van der Waals surface area contributed by atoms with Crippen LogP contribution in [0.1, 0.15) is 11.1 Å². The Morgan fingerprint density at radius 2 is 1.60 bits per heavy atom. The van der Waals surface area contributed by atoms with Crippen molar-refractivity contribution in [3.63, 3.8) is 0 Å². The molecule has 0 aliphatic heterocycles. The maximum Gasteiger partial charge on any atom is 0.126 e. The highest BCUT2D eigenvalue weighted by Crippen LogP contribution is 2.18. The quantitative estimate of drug-likeness (QED) is 0.908. The summed E-state index contributed by atoms with van der Waals surface area (Å²) in [5, 5.41) is 10.3. The molecule has 0 saturated carbocycles. The van der Waals surface area contributed by atoms with Crippen molar-refractivity contribution < 1.29 is 18.3 Å². The number of hydrogen-bond donors (Lipinski definition) is 1. The maximum absolute atomic E-state index is 13.5. The highest BCUT2D eigenvalue weighted by Gasteiger charge is 2.12. The van der Waals surface area contributed by atoms with E-state index in [9.17, 15) is 18.3 Å². The summed E-state index contributed by atoms with van der Waals surface area (Å²) >= 11 is 5.75. The van der Waals surface area contributed by atoms with Crippen LogP contribution in [0.2, 0.25) is 5.02 Å². The monoisotopic (exact) mass is 300 g/mol. The second kappa shape index (κ2) is 6.29. The Kier molecular flexibility index (Phi) is 4.68. The zero-order chi connectivity index (χ0) is 14.7. The SMILES string of the molecule is OC(Cc1cc(F)cc(F)c1)Cc1cc(Cl)ccc1F. The Balaban J connectivity index is 2.08. The number of benzene rings is 2. The van der Waals surface area contributed by atoms with E-state index in [-0.39, 0.29) is 18.4 Å². The van der Waals surface area contributed by atoms with Gasteiger partial charge in [0, 0.05) is 17.5 Å². The van der Waals surface area contributed by atoms with E-state index in [1.165, 1.54) is 18.2 Å². The summed E-state index contributed by atoms with van der Waals surface area (Å²) in [4.78, 5) is 0. The van der Waals surface area contributed by atoms with Gasteiger partial charge in [-0.05, 0) is 47.9 Å². The van der Waals surface area contributed by atoms with Gasteiger partial charge in [0.15, 0.2) is 0 Å². The summed E-state index contributed by atoms with van der Waals surface area (Å²) in [6.07, 6.45) is -0.908. The van der Waals surface area contributed by atoms with E-state index in [0.717, 1.165) is 18.2 Å². The van der Waals surface area contributed by atoms with Gasteiger partial charge < -0.3 is 5.11 Å². The minimum absolute atomic E-state index is 0.0184. The molecule has 0 spiro atoms. The molecule has 0 saturated heterocycles. The highest BCUT2D eigenvalue weighted by molar-refractivity contribution is 6.30. The van der Waals surface area contributed by atoms with E-state index >= 15 is 0 Å². The fourth-order valence-corrected chi connectivity index (χ4v) is 2.22. The number of aliphatic hydroxyl groups excluding tert-OH is 1. The fraction of sp³-hybridized carbons (Fsp3) is 0.200. The van der Waals surface area contributed by atoms with E-state index in [1.54, 1.807) is 0 Å². The molecule has 0 aliphatic carbocycles. The third-order valence-corrected chi connectivity index (χ3v) is 3.09. The molecule has 0 aliphatic rings. The number of rotatable bonds is 4. The van der Waals surface area contributed by atoms with Crippen molar-refractivity contribution in [2.24, 2.45) is 0 Å². The summed E-state index contributed by atoms with van der Waals surface area (Å²) in [6.45, 7) is 0. The standard InChI is InChI=1S/C15H12ClF3O/c16-11-1-2-15(19)10(6-11)7-14(20)5-9-3-12(17)8-13(18)4-9/h1-4,6,8,14,20H,5,7H2. The van der Waals surface area contributed by atoms with E-state index in [0.29, 0.717) is 10.6 Å². The molecule has 1 atom stereocenters. The Bertz CT molecular complexity index is 596. The fourth-order valence-electron chi connectivity index (χ4n) is 2.03. The first kappa shape index (κ1) is 14.9. The van der Waals surface area contributed by atoms with Gasteiger partial charge in [0.2, 0.25) is 0 Å². The molecule has 1 unspecified atom stereocenters. The smallest absolute Gasteiger partial charge is 0.126 e. The summed E-state index contributed by atoms with van der Waals surface area (Å²) in [6, 6.07) is 7.08. The lowest BCUT2D eigenvalue weighted by atomic mass is 10.0. The van der Waals surface area contributed by atoms with Crippen LogP contribution in [0.25, 0.3) is 0 Å². The Labute approximate surface area is 119 Å². The summed E-state index contributed by atoms with van der Waals surface area (Å²) in [5.74, 6) is -1.89. The van der Waals surface area contributed by atoms with Crippen LogP contribution in [0.5, 0.6) is 0 Å². The van der Waals surface area contributed by atoms with Crippen molar-refractivity contribution in [2.45, 2.75) is 18.9 Å². The van der Waals surface area contributed by atoms with Gasteiger partial charge in [-0.15, -0.1) is 0 Å². The molecule has 0 fully saturated rings. The van der Waals surface area contributed by atoms with E-state index < -0.39 is 23.6 Å². The van der Waals surface area contributed by atoms with Gasteiger partial charge in [0.05, 0.1) is 6.10 Å². The predicted molar refractivity (Wildman–Crippen MR) is 71.2 cm³/mol. The van der Waals surface area contributed by atoms with E-state index in [1.807, 2.05) is 0 Å². The zero-order valence-corrected chi connectivity index (χ0v) is 11.2. The molecule has 0 heterocycles. The molecule has 0 radical (unpaired) electrons. The second-order valence-electron chi connectivity index (χ2n) is 4.58. The third kappa shape index (κ3) is 3.99. The molecular weight excluding hydrogens is 289 g/mol. The largest absolute Gasteiger partial charge is 0.392 e. The maximum atomic E-state index is 13.5. The van der Waals surface area contributed by atoms with Crippen LogP contribution in [0.15, 0.2) is 36.4 Å². The zero-order valence-electron chi connectivity index (χ0n) is 10.4. The van der Waals surface area contributed by atoms with Crippen molar-refractivity contribution >= 4 is 11.6 Å². The van der Waals surface area contributed by atoms with Crippen molar-refractivity contribution in [1.82, 2.24) is 0 Å². The molecular formula is C15H12ClF3O. The van der Waals surface area contributed by atoms with Crippen molar-refractivity contribution in [2.75, 3.05) is 0 Å². The lowest BCUT2D eigenvalue weighted by Crippen LogP contribution is -2.15. The summed E-state index contributed by atoms with van der Waals surface area (Å²) in [7, 11) is 0. The van der Waals surface area contributed by atoms with Gasteiger partial charge in [-0.1, -0.05) is 11.6 Å². The minimum Gasteiger partial charge on any atom is -0.392 e. The van der Waals surface area contributed by atoms with Crippen LogP contribution in [0, 0.1) is 17.5 Å². The average molecular weight is 301 g/mol. The first-order valence-corrected chi connectivity index (χ1v) is 6.39. The van der Waals surface area contributed by atoms with Crippen molar-refractivity contribution in [1.29, 1.82) is 0 Å². The van der Waals surface area contributed by atoms with Gasteiger partial charge >= 0.3 is 0 Å². The molecule has 0 bridgehead atoms. The van der Waals surface area contributed by atoms with Gasteiger partial charge in [-0.25, -0.2) is 13.2 Å². The molecule has 0 aromatic heterocycles. The van der Waals surface area contributed by atoms with Crippen LogP contribution < -0.4 is 0 Å².